The van der Waals surface area contributed by atoms with Gasteiger partial charge in [0.2, 0.25) is 0 Å². The second-order valence-electron chi connectivity index (χ2n) is 18.8. The van der Waals surface area contributed by atoms with Gasteiger partial charge in [-0.3, -0.25) is 0 Å². The van der Waals surface area contributed by atoms with Gasteiger partial charge < -0.3 is 28.7 Å². The van der Waals surface area contributed by atoms with Crippen LogP contribution in [0.2, 0.25) is 0 Å². The molecule has 6 nitrogen and oxygen atoms in total. The van der Waals surface area contributed by atoms with Crippen LogP contribution in [0.3, 0.4) is 0 Å². The van der Waals surface area contributed by atoms with Crippen LogP contribution >= 0.6 is 22.7 Å². The van der Waals surface area contributed by atoms with Crippen LogP contribution in [0.4, 0.5) is 34.1 Å². The molecular weight excluding hydrogens is 985 g/mol. The van der Waals surface area contributed by atoms with Gasteiger partial charge in [0.05, 0.1) is 11.1 Å². The molecular formula is C69H46N2O4S2. The van der Waals surface area contributed by atoms with E-state index >= 15 is 0 Å². The lowest BCUT2D eigenvalue weighted by Gasteiger charge is -2.35. The van der Waals surface area contributed by atoms with Crippen LogP contribution in [-0.4, -0.2) is 0 Å². The number of rotatable bonds is 14. The number of thiophene rings is 2. The highest BCUT2D eigenvalue weighted by Gasteiger charge is 2.55. The highest BCUT2D eigenvalue weighted by molar-refractivity contribution is 7.21. The maximum atomic E-state index is 6.35. The van der Waals surface area contributed by atoms with Gasteiger partial charge in [-0.2, -0.15) is 0 Å². The first kappa shape index (κ1) is 46.0. The Morgan fingerprint density at radius 1 is 0.273 bits per heavy atom. The Morgan fingerprint density at radius 2 is 0.623 bits per heavy atom. The lowest BCUT2D eigenvalue weighted by Crippen LogP contribution is -2.28. The number of benzene rings is 10. The third-order valence-corrected chi connectivity index (χ3v) is 16.2. The van der Waals surface area contributed by atoms with Crippen LogP contribution in [0.5, 0.6) is 46.0 Å². The van der Waals surface area contributed by atoms with E-state index in [9.17, 15) is 0 Å². The van der Waals surface area contributed by atoms with Crippen molar-refractivity contribution in [1.29, 1.82) is 0 Å². The van der Waals surface area contributed by atoms with E-state index in [2.05, 4.69) is 142 Å². The van der Waals surface area contributed by atoms with E-state index in [1.54, 1.807) is 0 Å². The third kappa shape index (κ3) is 8.37. The Morgan fingerprint density at radius 3 is 1.01 bits per heavy atom. The van der Waals surface area contributed by atoms with Gasteiger partial charge in [-0.25, -0.2) is 0 Å². The molecule has 12 aromatic rings. The molecule has 2 aromatic heterocycles. The number of nitrogens with zero attached hydrogens (tertiary/aromatic N) is 2. The standard InChI is InChI=1S/C69H46N2O4S2/c1-5-14-52(15-6-1)72-56-33-24-47(25-34-56)70(48-26-35-57(36-27-48)73-53-16-7-2-8-17-53)51-32-41-60-61-22-13-23-65(66(61)69(64(60)46-51)62-42-44-76-67(62)68-63(69)43-45-77-68)71(49-28-37-58(38-29-49)74-54-18-9-3-10-19-54)50-30-39-59(40-31-50)75-55-20-11-4-12-21-55/h1-46H. The Labute approximate surface area is 455 Å². The molecule has 0 aliphatic heterocycles. The zero-order valence-electron chi connectivity index (χ0n) is 41.4. The molecule has 14 rings (SSSR count). The van der Waals surface area contributed by atoms with Crippen molar-refractivity contribution in [3.63, 3.8) is 0 Å². The fourth-order valence-corrected chi connectivity index (χ4v) is 13.1. The lowest BCUT2D eigenvalue weighted by molar-refractivity contribution is 0.482. The summed E-state index contributed by atoms with van der Waals surface area (Å²) in [4.78, 5) is 7.35. The first-order chi connectivity index (χ1) is 38.1. The molecule has 0 bridgehead atoms. The molecule has 0 N–H and O–H groups in total. The molecule has 10 aromatic carbocycles. The van der Waals surface area contributed by atoms with Crippen molar-refractivity contribution >= 4 is 56.8 Å². The monoisotopic (exact) mass is 1030 g/mol. The van der Waals surface area contributed by atoms with E-state index in [4.69, 9.17) is 18.9 Å². The maximum absolute atomic E-state index is 6.35. The smallest absolute Gasteiger partial charge is 0.127 e. The molecule has 8 heteroatoms. The molecule has 2 aliphatic rings. The summed E-state index contributed by atoms with van der Waals surface area (Å²) in [7, 11) is 0. The number of para-hydroxylation sites is 4. The molecule has 0 amide bonds. The van der Waals surface area contributed by atoms with Gasteiger partial charge in [0.25, 0.3) is 0 Å². The second kappa shape index (κ2) is 19.6. The number of fused-ring (bicyclic) bond motifs is 10. The lowest BCUT2D eigenvalue weighted by atomic mass is 9.70. The Kier molecular flexibility index (Phi) is 11.7. The van der Waals surface area contributed by atoms with Gasteiger partial charge >= 0.3 is 0 Å². The number of anilines is 6. The maximum Gasteiger partial charge on any atom is 0.127 e. The summed E-state index contributed by atoms with van der Waals surface area (Å²) in [5.41, 5.74) is 12.8. The molecule has 2 heterocycles. The zero-order valence-corrected chi connectivity index (χ0v) is 43.0. The summed E-state index contributed by atoms with van der Waals surface area (Å²) in [6.45, 7) is 0. The molecule has 0 saturated carbocycles. The number of ether oxygens (including phenoxy) is 4. The summed E-state index contributed by atoms with van der Waals surface area (Å²) in [5, 5.41) is 4.52. The van der Waals surface area contributed by atoms with E-state index in [1.165, 1.54) is 43.1 Å². The van der Waals surface area contributed by atoms with Gasteiger partial charge in [0.15, 0.2) is 0 Å². The van der Waals surface area contributed by atoms with E-state index in [1.807, 2.05) is 168 Å². The van der Waals surface area contributed by atoms with Crippen molar-refractivity contribution in [2.45, 2.75) is 5.41 Å². The van der Waals surface area contributed by atoms with Crippen molar-refractivity contribution < 1.29 is 18.9 Å². The third-order valence-electron chi connectivity index (χ3n) is 14.3. The van der Waals surface area contributed by atoms with E-state index in [-0.39, 0.29) is 0 Å². The largest absolute Gasteiger partial charge is 0.457 e. The van der Waals surface area contributed by atoms with Crippen molar-refractivity contribution in [3.05, 3.63) is 300 Å². The normalized spacial score (nSPS) is 12.3. The molecule has 368 valence electrons. The first-order valence-electron chi connectivity index (χ1n) is 25.5. The first-order valence-corrected chi connectivity index (χ1v) is 27.3. The van der Waals surface area contributed by atoms with Crippen LogP contribution in [0, 0.1) is 0 Å². The van der Waals surface area contributed by atoms with Crippen molar-refractivity contribution in [2.75, 3.05) is 9.80 Å². The number of hydrogen-bond acceptors (Lipinski definition) is 8. The zero-order chi connectivity index (χ0) is 51.1. The van der Waals surface area contributed by atoms with Gasteiger partial charge in [0.1, 0.15) is 46.0 Å². The molecule has 77 heavy (non-hydrogen) atoms. The van der Waals surface area contributed by atoms with Crippen molar-refractivity contribution in [1.82, 2.24) is 0 Å². The van der Waals surface area contributed by atoms with Gasteiger partial charge in [-0.15, -0.1) is 22.7 Å². The minimum atomic E-state index is -0.667. The minimum absolute atomic E-state index is 0.667. The second-order valence-corrected chi connectivity index (χ2v) is 20.6. The predicted octanol–water partition coefficient (Wildman–Crippen LogP) is 20.3. The van der Waals surface area contributed by atoms with Crippen LogP contribution in [0.25, 0.3) is 20.9 Å². The average Bonchev–Trinajstić information content (AvgIpc) is 4.11. The summed E-state index contributed by atoms with van der Waals surface area (Å²) >= 11 is 3.65. The van der Waals surface area contributed by atoms with Gasteiger partial charge in [-0.1, -0.05) is 91.0 Å². The topological polar surface area (TPSA) is 43.4 Å². The summed E-state index contributed by atoms with van der Waals surface area (Å²) in [6, 6.07) is 91.8. The van der Waals surface area contributed by atoms with Crippen molar-refractivity contribution in [2.24, 2.45) is 0 Å². The van der Waals surface area contributed by atoms with E-state index in [0.717, 1.165) is 80.1 Å². The van der Waals surface area contributed by atoms with E-state index < -0.39 is 5.41 Å². The van der Waals surface area contributed by atoms with Crippen LogP contribution in [0.15, 0.2) is 278 Å². The Bertz CT molecular complexity index is 3810. The molecule has 0 atom stereocenters. The molecule has 0 radical (unpaired) electrons. The van der Waals surface area contributed by atoms with Gasteiger partial charge in [0, 0.05) is 43.8 Å². The van der Waals surface area contributed by atoms with Crippen molar-refractivity contribution in [3.8, 4) is 66.9 Å². The van der Waals surface area contributed by atoms with Crippen LogP contribution < -0.4 is 28.7 Å². The predicted molar refractivity (Wildman–Crippen MR) is 314 cm³/mol. The molecule has 2 aliphatic carbocycles. The summed E-state index contributed by atoms with van der Waals surface area (Å²) < 4.78 is 25.3. The van der Waals surface area contributed by atoms with Crippen LogP contribution in [-0.2, 0) is 5.41 Å². The molecule has 0 unspecified atom stereocenters. The van der Waals surface area contributed by atoms with Gasteiger partial charge in [-0.05, 0) is 215 Å². The fourth-order valence-electron chi connectivity index (χ4n) is 11.0. The van der Waals surface area contributed by atoms with Crippen LogP contribution in [0.1, 0.15) is 22.3 Å². The average molecular weight is 1030 g/mol. The molecule has 1 spiro atoms. The van der Waals surface area contributed by atoms with E-state index in [0.29, 0.717) is 0 Å². The Hall–Kier alpha value is -9.60. The Balaban J connectivity index is 0.932. The summed E-state index contributed by atoms with van der Waals surface area (Å²) in [5.74, 6) is 6.16. The quantitative estimate of drug-likeness (QED) is 0.108. The minimum Gasteiger partial charge on any atom is -0.457 e. The fraction of sp³-hybridized carbons (Fsp3) is 0.0145. The number of hydrogen-bond donors (Lipinski definition) is 0. The molecule has 0 fully saturated rings. The highest BCUT2D eigenvalue weighted by atomic mass is 32.1. The SMILES string of the molecule is c1ccc(Oc2ccc(N(c3ccc(Oc4ccccc4)cc3)c3ccc4c(c3)C3(c5ccsc5-c5sccc53)c3c-4cccc3N(c3ccc(Oc4ccccc4)cc3)c3ccc(Oc4ccccc4)cc3)cc2)cc1. The molecule has 0 saturated heterocycles. The summed E-state index contributed by atoms with van der Waals surface area (Å²) in [6.07, 6.45) is 0. The highest BCUT2D eigenvalue weighted by Crippen LogP contribution is 2.68.